The molecule has 2 aromatic carbocycles. The lowest BCUT2D eigenvalue weighted by molar-refractivity contribution is 0.0527. The third-order valence-electron chi connectivity index (χ3n) is 4.20. The average molecular weight is 438 g/mol. The van der Waals surface area contributed by atoms with E-state index in [2.05, 4.69) is 5.32 Å². The Morgan fingerprint density at radius 2 is 1.65 bits per heavy atom. The maximum atomic E-state index is 9.97. The lowest BCUT2D eigenvalue weighted by Gasteiger charge is -2.23. The Morgan fingerprint density at radius 3 is 2.19 bits per heavy atom. The van der Waals surface area contributed by atoms with Gasteiger partial charge >= 0.3 is 0 Å². The number of phenols is 1. The van der Waals surface area contributed by atoms with E-state index in [1.807, 2.05) is 32.9 Å². The smallest absolute Gasteiger partial charge is 0.161 e. The molecule has 2 unspecified atom stereocenters. The van der Waals surface area contributed by atoms with Crippen molar-refractivity contribution in [3.05, 3.63) is 53.6 Å². The number of benzene rings is 2. The Bertz CT molecular complexity index is 777. The van der Waals surface area contributed by atoms with Gasteiger partial charge in [-0.3, -0.25) is 0 Å². The number of methoxy groups -OCH3 is 1. The van der Waals surface area contributed by atoms with E-state index in [4.69, 9.17) is 24.8 Å². The van der Waals surface area contributed by atoms with E-state index in [1.54, 1.807) is 31.4 Å². The van der Waals surface area contributed by atoms with Crippen LogP contribution >= 0.6 is 0 Å². The fraction of sp³-hybridized carbons (Fsp3) is 0.478. The molecule has 174 valence electrons. The van der Waals surface area contributed by atoms with Gasteiger partial charge in [0.25, 0.3) is 0 Å². The number of aliphatic hydroxyl groups excluding tert-OH is 4. The van der Waals surface area contributed by atoms with Crippen molar-refractivity contribution in [2.75, 3.05) is 26.9 Å². The van der Waals surface area contributed by atoms with Gasteiger partial charge in [0.15, 0.2) is 11.5 Å². The second kappa shape index (κ2) is 13.1. The number of rotatable bonds is 9. The molecule has 6 N–H and O–H groups in total. The first kappa shape index (κ1) is 26.7. The Labute approximate surface area is 183 Å². The summed E-state index contributed by atoms with van der Waals surface area (Å²) in [6.45, 7) is 6.01. The second-order valence-corrected chi connectivity index (χ2v) is 7.99. The molecule has 2 rings (SSSR count). The summed E-state index contributed by atoms with van der Waals surface area (Å²) in [5.41, 5.74) is 1.05. The van der Waals surface area contributed by atoms with Gasteiger partial charge in [-0.15, -0.1) is 0 Å². The largest absolute Gasteiger partial charge is 0.508 e. The molecule has 0 aliphatic heterocycles. The van der Waals surface area contributed by atoms with E-state index in [0.29, 0.717) is 29.2 Å². The number of ether oxygens (including phenoxy) is 2. The molecule has 8 heteroatoms. The summed E-state index contributed by atoms with van der Waals surface area (Å²) in [7, 11) is 1.55. The van der Waals surface area contributed by atoms with E-state index in [-0.39, 0.29) is 31.1 Å². The molecular formula is C23H35NO7. The minimum atomic E-state index is -0.861. The van der Waals surface area contributed by atoms with Gasteiger partial charge in [-0.2, -0.15) is 0 Å². The minimum absolute atomic E-state index is 0.0484. The molecule has 0 bridgehead atoms. The number of nitrogens with one attached hydrogen (secondary N) is 1. The average Bonchev–Trinajstić information content (AvgIpc) is 2.76. The summed E-state index contributed by atoms with van der Waals surface area (Å²) < 4.78 is 10.3. The molecule has 2 aromatic rings. The Balaban J connectivity index is 0.000000316. The number of β-amino-alcohol motifs (C(OH)–C–C–N with tert-alkyl or cyclic N) is 1. The van der Waals surface area contributed by atoms with Crippen LogP contribution in [0.4, 0.5) is 0 Å². The molecule has 0 aliphatic rings. The Kier molecular flexibility index (Phi) is 11.3. The van der Waals surface area contributed by atoms with Crippen LogP contribution in [0, 0.1) is 0 Å². The molecule has 0 saturated carbocycles. The lowest BCUT2D eigenvalue weighted by Crippen LogP contribution is -2.38. The molecule has 0 fully saturated rings. The molecule has 0 amide bonds. The van der Waals surface area contributed by atoms with Gasteiger partial charge in [-0.05, 0) is 50.6 Å². The number of para-hydroxylation sites is 2. The Morgan fingerprint density at radius 1 is 1.00 bits per heavy atom. The molecule has 0 aromatic heterocycles. The van der Waals surface area contributed by atoms with Crippen molar-refractivity contribution in [1.82, 2.24) is 5.32 Å². The van der Waals surface area contributed by atoms with Crippen LogP contribution in [0.25, 0.3) is 0 Å². The first-order valence-corrected chi connectivity index (χ1v) is 10.0. The number of hydrogen-bond donors (Lipinski definition) is 6. The SMILES string of the molecule is CC(C)(C)NCC(O)c1ccc(O)c(CO)c1.COc1ccccc1OCC(O)CO. The van der Waals surface area contributed by atoms with Crippen molar-refractivity contribution >= 4 is 0 Å². The van der Waals surface area contributed by atoms with Crippen LogP contribution in [0.5, 0.6) is 17.2 Å². The summed E-state index contributed by atoms with van der Waals surface area (Å²) in [4.78, 5) is 0. The highest BCUT2D eigenvalue weighted by Crippen LogP contribution is 2.25. The second-order valence-electron chi connectivity index (χ2n) is 7.99. The van der Waals surface area contributed by atoms with Gasteiger partial charge < -0.3 is 40.3 Å². The number of aliphatic hydroxyl groups is 4. The number of hydrogen-bond acceptors (Lipinski definition) is 8. The van der Waals surface area contributed by atoms with E-state index >= 15 is 0 Å². The molecule has 0 heterocycles. The van der Waals surface area contributed by atoms with Crippen molar-refractivity contribution in [2.45, 2.75) is 45.1 Å². The fourth-order valence-electron chi connectivity index (χ4n) is 2.44. The predicted octanol–water partition coefficient (Wildman–Crippen LogP) is 1.73. The van der Waals surface area contributed by atoms with E-state index in [1.165, 1.54) is 6.07 Å². The van der Waals surface area contributed by atoms with Gasteiger partial charge in [-0.1, -0.05) is 18.2 Å². The molecule has 0 radical (unpaired) electrons. The highest BCUT2D eigenvalue weighted by atomic mass is 16.5. The van der Waals surface area contributed by atoms with Crippen molar-refractivity contribution in [2.24, 2.45) is 0 Å². The van der Waals surface area contributed by atoms with Crippen LogP contribution in [0.3, 0.4) is 0 Å². The third-order valence-corrected chi connectivity index (χ3v) is 4.20. The molecule has 0 aliphatic carbocycles. The quantitative estimate of drug-likeness (QED) is 0.350. The summed E-state index contributed by atoms with van der Waals surface area (Å²) >= 11 is 0. The highest BCUT2D eigenvalue weighted by Gasteiger charge is 2.14. The topological polar surface area (TPSA) is 132 Å². The van der Waals surface area contributed by atoms with Gasteiger partial charge in [0.1, 0.15) is 18.5 Å². The molecule has 31 heavy (non-hydrogen) atoms. The molecule has 8 nitrogen and oxygen atoms in total. The molecule has 0 spiro atoms. The van der Waals surface area contributed by atoms with E-state index in [0.717, 1.165) is 0 Å². The number of aromatic hydroxyl groups is 1. The van der Waals surface area contributed by atoms with Crippen LogP contribution < -0.4 is 14.8 Å². The van der Waals surface area contributed by atoms with Gasteiger partial charge in [0.2, 0.25) is 0 Å². The zero-order chi connectivity index (χ0) is 23.4. The van der Waals surface area contributed by atoms with E-state index in [9.17, 15) is 10.2 Å². The summed E-state index contributed by atoms with van der Waals surface area (Å²) in [6, 6.07) is 11.9. The summed E-state index contributed by atoms with van der Waals surface area (Å²) in [6.07, 6.45) is -1.51. The van der Waals surface area contributed by atoms with Crippen LogP contribution in [0.15, 0.2) is 42.5 Å². The lowest BCUT2D eigenvalue weighted by atomic mass is 10.0. The standard InChI is InChI=1S/C13H21NO3.C10H14O4/c1-13(2,3)14-7-12(17)9-4-5-11(16)10(6-9)8-15;1-13-9-4-2-3-5-10(9)14-7-8(12)6-11/h4-6,12,14-17H,7-8H2,1-3H3;2-5,8,11-12H,6-7H2,1H3. The monoisotopic (exact) mass is 437 g/mol. The zero-order valence-electron chi connectivity index (χ0n) is 18.6. The molecular weight excluding hydrogens is 402 g/mol. The highest BCUT2D eigenvalue weighted by molar-refractivity contribution is 5.39. The zero-order valence-corrected chi connectivity index (χ0v) is 18.6. The van der Waals surface area contributed by atoms with E-state index < -0.39 is 12.2 Å². The third kappa shape index (κ3) is 9.99. The van der Waals surface area contributed by atoms with Gasteiger partial charge in [-0.25, -0.2) is 0 Å². The van der Waals surface area contributed by atoms with Crippen molar-refractivity contribution < 1.29 is 35.0 Å². The summed E-state index contributed by atoms with van der Waals surface area (Å²) in [5, 5.41) is 49.3. The first-order valence-electron chi connectivity index (χ1n) is 10.0. The molecule has 2 atom stereocenters. The molecule has 0 saturated heterocycles. The van der Waals surface area contributed by atoms with Crippen molar-refractivity contribution in [3.63, 3.8) is 0 Å². The van der Waals surface area contributed by atoms with Crippen LogP contribution in [0.1, 0.15) is 38.0 Å². The van der Waals surface area contributed by atoms with Crippen LogP contribution in [-0.4, -0.2) is 64.0 Å². The van der Waals surface area contributed by atoms with Gasteiger partial charge in [0, 0.05) is 17.6 Å². The van der Waals surface area contributed by atoms with Crippen molar-refractivity contribution in [3.8, 4) is 17.2 Å². The fourth-order valence-corrected chi connectivity index (χ4v) is 2.44. The van der Waals surface area contributed by atoms with Crippen molar-refractivity contribution in [1.29, 1.82) is 0 Å². The Hall–Kier alpha value is -2.36. The van der Waals surface area contributed by atoms with Crippen LogP contribution in [0.2, 0.25) is 0 Å². The predicted molar refractivity (Wildman–Crippen MR) is 118 cm³/mol. The summed E-state index contributed by atoms with van der Waals surface area (Å²) in [5.74, 6) is 1.22. The maximum Gasteiger partial charge on any atom is 0.161 e. The van der Waals surface area contributed by atoms with Crippen LogP contribution in [-0.2, 0) is 6.61 Å². The minimum Gasteiger partial charge on any atom is -0.508 e. The van der Waals surface area contributed by atoms with Gasteiger partial charge in [0.05, 0.1) is 26.4 Å². The maximum absolute atomic E-state index is 9.97. The first-order chi connectivity index (χ1) is 14.6. The normalized spacial score (nSPS) is 13.0.